The third kappa shape index (κ3) is 4.10. The molecule has 0 aliphatic carbocycles. The molecule has 2 atom stereocenters. The first-order valence-electron chi connectivity index (χ1n) is 10.6. The number of rotatable bonds is 3. The lowest BCUT2D eigenvalue weighted by molar-refractivity contribution is -0.146. The van der Waals surface area contributed by atoms with Crippen LogP contribution in [0.3, 0.4) is 0 Å². The highest BCUT2D eigenvalue weighted by Gasteiger charge is 2.35. The lowest BCUT2D eigenvalue weighted by Gasteiger charge is -2.38. The van der Waals surface area contributed by atoms with Crippen molar-refractivity contribution >= 4 is 29.2 Å². The predicted octanol–water partition coefficient (Wildman–Crippen LogP) is 2.41. The maximum atomic E-state index is 13.1. The van der Waals surface area contributed by atoms with Gasteiger partial charge in [0.25, 0.3) is 5.91 Å². The molecule has 1 aromatic carbocycles. The summed E-state index contributed by atoms with van der Waals surface area (Å²) in [5, 5.41) is 5.49. The number of likely N-dealkylation sites (tertiary alicyclic amines) is 1. The SMILES string of the molecule is CCc1cc(NC(=O)C(=O)N2CC(C)CCC2c2ccc3c(c2)CNC3=O)cnc1N. The van der Waals surface area contributed by atoms with E-state index < -0.39 is 11.8 Å². The Labute approximate surface area is 181 Å². The van der Waals surface area contributed by atoms with Crippen LogP contribution < -0.4 is 16.4 Å². The Balaban J connectivity index is 1.55. The number of benzene rings is 1. The van der Waals surface area contributed by atoms with Crippen molar-refractivity contribution < 1.29 is 14.4 Å². The second kappa shape index (κ2) is 8.37. The van der Waals surface area contributed by atoms with E-state index in [1.807, 2.05) is 19.1 Å². The number of carbonyl (C=O) groups excluding carboxylic acids is 3. The van der Waals surface area contributed by atoms with Crippen molar-refractivity contribution in [3.05, 3.63) is 52.7 Å². The van der Waals surface area contributed by atoms with E-state index in [1.54, 1.807) is 17.0 Å². The molecule has 8 heteroatoms. The molecule has 0 saturated carbocycles. The molecule has 1 aromatic heterocycles. The van der Waals surface area contributed by atoms with Gasteiger partial charge in [0.2, 0.25) is 0 Å². The quantitative estimate of drug-likeness (QED) is 0.658. The molecule has 2 aliphatic heterocycles. The Hall–Kier alpha value is -3.42. The number of aromatic nitrogens is 1. The summed E-state index contributed by atoms with van der Waals surface area (Å²) in [6.45, 7) is 5.02. The van der Waals surface area contributed by atoms with Crippen molar-refractivity contribution in [2.75, 3.05) is 17.6 Å². The molecule has 4 rings (SSSR count). The molecule has 0 spiro atoms. The minimum atomic E-state index is -0.689. The number of hydrogen-bond donors (Lipinski definition) is 3. The van der Waals surface area contributed by atoms with Crippen LogP contribution in [0, 0.1) is 5.92 Å². The van der Waals surface area contributed by atoms with Crippen molar-refractivity contribution in [1.29, 1.82) is 0 Å². The topological polar surface area (TPSA) is 117 Å². The number of nitrogen functional groups attached to an aromatic ring is 1. The molecule has 3 heterocycles. The van der Waals surface area contributed by atoms with Gasteiger partial charge in [0.1, 0.15) is 5.82 Å². The third-order valence-electron chi connectivity index (χ3n) is 6.11. The molecule has 1 saturated heterocycles. The first-order valence-corrected chi connectivity index (χ1v) is 10.6. The lowest BCUT2D eigenvalue weighted by Crippen LogP contribution is -2.46. The Bertz CT molecular complexity index is 1050. The molecule has 1 fully saturated rings. The number of piperidine rings is 1. The van der Waals surface area contributed by atoms with Crippen LogP contribution in [0.4, 0.5) is 11.5 Å². The van der Waals surface area contributed by atoms with Crippen molar-refractivity contribution in [3.63, 3.8) is 0 Å². The van der Waals surface area contributed by atoms with Crippen LogP contribution >= 0.6 is 0 Å². The van der Waals surface area contributed by atoms with E-state index in [0.29, 0.717) is 42.5 Å². The number of nitrogens with two attached hydrogens (primary N) is 1. The first-order chi connectivity index (χ1) is 14.9. The number of carbonyl (C=O) groups is 3. The molecule has 31 heavy (non-hydrogen) atoms. The third-order valence-corrected chi connectivity index (χ3v) is 6.11. The summed E-state index contributed by atoms with van der Waals surface area (Å²) in [5.74, 6) is -0.613. The average Bonchev–Trinajstić information content (AvgIpc) is 3.14. The summed E-state index contributed by atoms with van der Waals surface area (Å²) < 4.78 is 0. The Morgan fingerprint density at radius 2 is 2.10 bits per heavy atom. The number of pyridine rings is 1. The maximum absolute atomic E-state index is 13.1. The van der Waals surface area contributed by atoms with E-state index in [-0.39, 0.29) is 11.9 Å². The van der Waals surface area contributed by atoms with E-state index in [4.69, 9.17) is 5.73 Å². The lowest BCUT2D eigenvalue weighted by atomic mass is 9.88. The average molecular weight is 422 g/mol. The molecule has 3 amide bonds. The smallest absolute Gasteiger partial charge is 0.313 e. The van der Waals surface area contributed by atoms with E-state index in [2.05, 4.69) is 22.5 Å². The van der Waals surface area contributed by atoms with Gasteiger partial charge in [0.15, 0.2) is 0 Å². The van der Waals surface area contributed by atoms with Crippen molar-refractivity contribution in [2.24, 2.45) is 5.92 Å². The maximum Gasteiger partial charge on any atom is 0.313 e. The van der Waals surface area contributed by atoms with Crippen molar-refractivity contribution in [1.82, 2.24) is 15.2 Å². The normalized spacial score (nSPS) is 20.2. The van der Waals surface area contributed by atoms with Gasteiger partial charge in [-0.25, -0.2) is 4.98 Å². The Morgan fingerprint density at radius 1 is 1.29 bits per heavy atom. The molecule has 0 radical (unpaired) electrons. The van der Waals surface area contributed by atoms with Gasteiger partial charge < -0.3 is 21.3 Å². The van der Waals surface area contributed by atoms with E-state index in [1.165, 1.54) is 6.20 Å². The number of amides is 3. The summed E-state index contributed by atoms with van der Waals surface area (Å²) in [6.07, 6.45) is 3.87. The number of hydrogen-bond acceptors (Lipinski definition) is 5. The Kier molecular flexibility index (Phi) is 5.63. The zero-order valence-electron chi connectivity index (χ0n) is 17.8. The zero-order chi connectivity index (χ0) is 22.1. The zero-order valence-corrected chi connectivity index (χ0v) is 17.8. The monoisotopic (exact) mass is 421 g/mol. The van der Waals surface area contributed by atoms with Crippen LogP contribution in [0.5, 0.6) is 0 Å². The fraction of sp³-hybridized carbons (Fsp3) is 0.391. The molecular weight excluding hydrogens is 394 g/mol. The second-order valence-electron chi connectivity index (χ2n) is 8.33. The number of fused-ring (bicyclic) bond motifs is 1. The molecule has 2 unspecified atom stereocenters. The molecule has 162 valence electrons. The van der Waals surface area contributed by atoms with Gasteiger partial charge in [-0.15, -0.1) is 0 Å². The highest BCUT2D eigenvalue weighted by molar-refractivity contribution is 6.39. The first kappa shape index (κ1) is 20.8. The van der Waals surface area contributed by atoms with E-state index in [0.717, 1.165) is 29.5 Å². The summed E-state index contributed by atoms with van der Waals surface area (Å²) in [5.41, 5.74) is 9.65. The van der Waals surface area contributed by atoms with Crippen LogP contribution in [0.15, 0.2) is 30.5 Å². The highest BCUT2D eigenvalue weighted by atomic mass is 16.2. The number of aryl methyl sites for hydroxylation is 1. The van der Waals surface area contributed by atoms with Gasteiger partial charge in [-0.2, -0.15) is 0 Å². The fourth-order valence-corrected chi connectivity index (χ4v) is 4.37. The van der Waals surface area contributed by atoms with Crippen LogP contribution in [-0.4, -0.2) is 34.2 Å². The van der Waals surface area contributed by atoms with Gasteiger partial charge >= 0.3 is 11.8 Å². The second-order valence-corrected chi connectivity index (χ2v) is 8.33. The molecule has 0 bridgehead atoms. The minimum Gasteiger partial charge on any atom is -0.383 e. The standard InChI is InChI=1S/C23H27N5O3/c1-3-14-9-17(11-25-20(14)24)27-22(30)23(31)28-12-13(2)4-7-19(28)15-5-6-18-16(8-15)10-26-21(18)29/h5-6,8-9,11,13,19H,3-4,7,10,12H2,1-2H3,(H2,24,25)(H,26,29)(H,27,30). The van der Waals surface area contributed by atoms with E-state index >= 15 is 0 Å². The van der Waals surface area contributed by atoms with Crippen molar-refractivity contribution in [2.45, 2.75) is 45.7 Å². The number of nitrogens with zero attached hydrogens (tertiary/aromatic N) is 2. The summed E-state index contributed by atoms with van der Waals surface area (Å²) in [4.78, 5) is 43.5. The molecule has 2 aromatic rings. The van der Waals surface area contributed by atoms with Gasteiger partial charge in [0.05, 0.1) is 17.9 Å². The van der Waals surface area contributed by atoms with Gasteiger partial charge in [-0.3, -0.25) is 14.4 Å². The summed E-state index contributed by atoms with van der Waals surface area (Å²) >= 11 is 0. The van der Waals surface area contributed by atoms with Crippen LogP contribution in [0.25, 0.3) is 0 Å². The van der Waals surface area contributed by atoms with Crippen LogP contribution in [-0.2, 0) is 22.6 Å². The Morgan fingerprint density at radius 3 is 2.87 bits per heavy atom. The molecule has 4 N–H and O–H groups in total. The van der Waals surface area contributed by atoms with Gasteiger partial charge in [-0.1, -0.05) is 26.0 Å². The number of anilines is 2. The minimum absolute atomic E-state index is 0.0744. The summed E-state index contributed by atoms with van der Waals surface area (Å²) in [6, 6.07) is 7.21. The molecule has 8 nitrogen and oxygen atoms in total. The van der Waals surface area contributed by atoms with Crippen LogP contribution in [0.1, 0.15) is 59.8 Å². The van der Waals surface area contributed by atoms with Gasteiger partial charge in [0, 0.05) is 18.7 Å². The van der Waals surface area contributed by atoms with Gasteiger partial charge in [-0.05, 0) is 54.0 Å². The highest BCUT2D eigenvalue weighted by Crippen LogP contribution is 2.35. The summed E-state index contributed by atoms with van der Waals surface area (Å²) in [7, 11) is 0. The van der Waals surface area contributed by atoms with Crippen molar-refractivity contribution in [3.8, 4) is 0 Å². The van der Waals surface area contributed by atoms with Crippen LogP contribution in [0.2, 0.25) is 0 Å². The van der Waals surface area contributed by atoms with E-state index in [9.17, 15) is 14.4 Å². The fourth-order valence-electron chi connectivity index (χ4n) is 4.37. The number of nitrogens with one attached hydrogen (secondary N) is 2. The molecular formula is C23H27N5O3. The molecule has 2 aliphatic rings. The largest absolute Gasteiger partial charge is 0.383 e. The predicted molar refractivity (Wildman–Crippen MR) is 117 cm³/mol.